The van der Waals surface area contributed by atoms with Gasteiger partial charge in [-0.2, -0.15) is 0 Å². The summed E-state index contributed by atoms with van der Waals surface area (Å²) in [5, 5.41) is 0. The number of nitrogens with zero attached hydrogens (tertiary/aromatic N) is 4. The van der Waals surface area contributed by atoms with Gasteiger partial charge in [-0.15, -0.1) is 0 Å². The first-order valence-electron chi connectivity index (χ1n) is 12.5. The molecule has 1 aromatic heterocycles. The van der Waals surface area contributed by atoms with Crippen LogP contribution in [0.15, 0.2) is 30.5 Å². The molecule has 3 heterocycles. The average molecular weight is 479 g/mol. The Morgan fingerprint density at radius 1 is 1.09 bits per heavy atom. The third kappa shape index (κ3) is 4.59. The number of hydrogen-bond acceptors (Lipinski definition) is 6. The van der Waals surface area contributed by atoms with Gasteiger partial charge in [0.1, 0.15) is 0 Å². The number of amides is 2. The van der Waals surface area contributed by atoms with Crippen LogP contribution < -0.4 is 19.3 Å². The van der Waals surface area contributed by atoms with Gasteiger partial charge in [0.2, 0.25) is 5.91 Å². The number of hydrogen-bond donors (Lipinski definition) is 0. The second kappa shape index (κ2) is 9.49. The lowest BCUT2D eigenvalue weighted by molar-refractivity contribution is -0.117. The SMILES string of the molecule is COc1c(OC(=O)N2C[C@H](C)N(C(C)=O)c3ccc(C4CCCN(C5CC5)C4)cc32)ccnc1C. The maximum atomic E-state index is 13.5. The summed E-state index contributed by atoms with van der Waals surface area (Å²) in [5.74, 6) is 1.15. The van der Waals surface area contributed by atoms with Crippen LogP contribution in [-0.2, 0) is 4.79 Å². The Balaban J connectivity index is 1.48. The van der Waals surface area contributed by atoms with Crippen molar-refractivity contribution in [3.8, 4) is 11.5 Å². The van der Waals surface area contributed by atoms with Crippen molar-refractivity contribution in [2.75, 3.05) is 36.5 Å². The smallest absolute Gasteiger partial charge is 0.420 e. The molecule has 8 heteroatoms. The monoisotopic (exact) mass is 478 g/mol. The number of anilines is 2. The highest BCUT2D eigenvalue weighted by Crippen LogP contribution is 2.41. The van der Waals surface area contributed by atoms with E-state index in [0.717, 1.165) is 24.7 Å². The molecule has 2 amide bonds. The van der Waals surface area contributed by atoms with Crippen molar-refractivity contribution in [3.63, 3.8) is 0 Å². The number of likely N-dealkylation sites (tertiary alicyclic amines) is 1. The van der Waals surface area contributed by atoms with Crippen molar-refractivity contribution in [2.45, 2.75) is 64.5 Å². The number of benzene rings is 1. The molecule has 0 N–H and O–H groups in total. The van der Waals surface area contributed by atoms with Gasteiger partial charge in [-0.3, -0.25) is 19.6 Å². The molecule has 2 fully saturated rings. The van der Waals surface area contributed by atoms with Gasteiger partial charge in [-0.05, 0) is 69.7 Å². The maximum Gasteiger partial charge on any atom is 0.420 e. The summed E-state index contributed by atoms with van der Waals surface area (Å²) < 4.78 is 11.2. The molecule has 1 unspecified atom stereocenters. The minimum atomic E-state index is -0.495. The minimum Gasteiger partial charge on any atom is -0.491 e. The predicted molar refractivity (Wildman–Crippen MR) is 135 cm³/mol. The number of carbonyl (C=O) groups is 2. The van der Waals surface area contributed by atoms with Crippen molar-refractivity contribution >= 4 is 23.4 Å². The Morgan fingerprint density at radius 3 is 2.60 bits per heavy atom. The third-order valence-corrected chi connectivity index (χ3v) is 7.43. The van der Waals surface area contributed by atoms with Gasteiger partial charge in [0.25, 0.3) is 0 Å². The van der Waals surface area contributed by atoms with Crippen molar-refractivity contribution < 1.29 is 19.1 Å². The topological polar surface area (TPSA) is 75.2 Å². The van der Waals surface area contributed by atoms with Crippen LogP contribution in [-0.4, -0.2) is 60.7 Å². The quantitative estimate of drug-likeness (QED) is 0.644. The Kier molecular flexibility index (Phi) is 6.40. The van der Waals surface area contributed by atoms with Crippen LogP contribution in [0, 0.1) is 6.92 Å². The minimum absolute atomic E-state index is 0.0384. The molecule has 0 radical (unpaired) electrons. The molecule has 0 bridgehead atoms. The van der Waals surface area contributed by atoms with Crippen LogP contribution >= 0.6 is 0 Å². The van der Waals surface area contributed by atoms with Gasteiger partial charge in [0.15, 0.2) is 11.5 Å². The summed E-state index contributed by atoms with van der Waals surface area (Å²) in [6.07, 6.45) is 6.02. The Bertz CT molecular complexity index is 1130. The molecule has 1 aromatic carbocycles. The van der Waals surface area contributed by atoms with E-state index in [9.17, 15) is 9.59 Å². The van der Waals surface area contributed by atoms with Crippen LogP contribution in [0.5, 0.6) is 11.5 Å². The molecule has 1 saturated carbocycles. The van der Waals surface area contributed by atoms with Crippen molar-refractivity contribution in [1.29, 1.82) is 0 Å². The van der Waals surface area contributed by atoms with E-state index in [1.54, 1.807) is 35.9 Å². The molecule has 8 nitrogen and oxygen atoms in total. The van der Waals surface area contributed by atoms with Gasteiger partial charge in [0.05, 0.1) is 30.2 Å². The summed E-state index contributed by atoms with van der Waals surface area (Å²) in [6.45, 7) is 7.90. The van der Waals surface area contributed by atoms with Crippen LogP contribution in [0.3, 0.4) is 0 Å². The zero-order chi connectivity index (χ0) is 24.7. The van der Waals surface area contributed by atoms with E-state index in [4.69, 9.17) is 9.47 Å². The average Bonchev–Trinajstić information content (AvgIpc) is 3.69. The summed E-state index contributed by atoms with van der Waals surface area (Å²) in [7, 11) is 1.53. The lowest BCUT2D eigenvalue weighted by Gasteiger charge is -2.41. The summed E-state index contributed by atoms with van der Waals surface area (Å²) >= 11 is 0. The van der Waals surface area contributed by atoms with Crippen molar-refractivity contribution in [1.82, 2.24) is 9.88 Å². The largest absolute Gasteiger partial charge is 0.491 e. The third-order valence-electron chi connectivity index (χ3n) is 7.43. The fourth-order valence-electron chi connectivity index (χ4n) is 5.61. The number of ether oxygens (including phenoxy) is 2. The molecule has 2 atom stereocenters. The van der Waals surface area contributed by atoms with E-state index < -0.39 is 6.09 Å². The van der Waals surface area contributed by atoms with E-state index in [2.05, 4.69) is 22.0 Å². The highest BCUT2D eigenvalue weighted by molar-refractivity contribution is 6.02. The molecule has 2 aliphatic heterocycles. The Morgan fingerprint density at radius 2 is 1.89 bits per heavy atom. The lowest BCUT2D eigenvalue weighted by atomic mass is 9.89. The standard InChI is InChI=1S/C27H34N4O4/c1-17-15-30(27(33)35-25-11-12-28-18(2)26(25)34-4)24-14-20(7-10-23(24)31(17)19(3)32)21-6-5-13-29(16-21)22-8-9-22/h7,10-12,14,17,21-22H,5-6,8-9,13,15-16H2,1-4H3/t17-,21?/m0/s1. The Labute approximate surface area is 206 Å². The molecule has 1 aliphatic carbocycles. The zero-order valence-electron chi connectivity index (χ0n) is 21.0. The second-order valence-corrected chi connectivity index (χ2v) is 9.96. The highest BCUT2D eigenvalue weighted by atomic mass is 16.6. The van der Waals surface area contributed by atoms with Crippen LogP contribution in [0.25, 0.3) is 0 Å². The van der Waals surface area contributed by atoms with Gasteiger partial charge in [-0.25, -0.2) is 4.79 Å². The van der Waals surface area contributed by atoms with E-state index in [1.165, 1.54) is 38.5 Å². The lowest BCUT2D eigenvalue weighted by Crippen LogP contribution is -2.52. The van der Waals surface area contributed by atoms with E-state index in [1.807, 2.05) is 13.0 Å². The first kappa shape index (κ1) is 23.6. The highest BCUT2D eigenvalue weighted by Gasteiger charge is 2.37. The molecule has 1 saturated heterocycles. The zero-order valence-corrected chi connectivity index (χ0v) is 21.0. The van der Waals surface area contributed by atoms with Gasteiger partial charge in [-0.1, -0.05) is 6.07 Å². The molecule has 2 aromatic rings. The van der Waals surface area contributed by atoms with Gasteiger partial charge in [0, 0.05) is 38.3 Å². The molecular formula is C27H34N4O4. The number of aryl methyl sites for hydroxylation is 1. The number of aromatic nitrogens is 1. The second-order valence-electron chi connectivity index (χ2n) is 9.96. The molecule has 186 valence electrons. The molecule has 0 spiro atoms. The van der Waals surface area contributed by atoms with Crippen molar-refractivity contribution in [3.05, 3.63) is 41.7 Å². The maximum absolute atomic E-state index is 13.5. The van der Waals surface area contributed by atoms with E-state index in [-0.39, 0.29) is 11.9 Å². The number of fused-ring (bicyclic) bond motifs is 1. The first-order valence-corrected chi connectivity index (χ1v) is 12.5. The van der Waals surface area contributed by atoms with E-state index in [0.29, 0.717) is 35.3 Å². The summed E-state index contributed by atoms with van der Waals surface area (Å²) in [6, 6.07) is 8.41. The summed E-state index contributed by atoms with van der Waals surface area (Å²) in [4.78, 5) is 36.3. The predicted octanol–water partition coefficient (Wildman–Crippen LogP) is 4.50. The number of piperidine rings is 1. The normalized spacial score (nSPS) is 22.5. The van der Waals surface area contributed by atoms with Crippen molar-refractivity contribution in [2.24, 2.45) is 0 Å². The summed E-state index contributed by atoms with van der Waals surface area (Å²) in [5.41, 5.74) is 3.31. The number of methoxy groups -OCH3 is 1. The molecular weight excluding hydrogens is 444 g/mol. The van der Waals surface area contributed by atoms with E-state index >= 15 is 0 Å². The van der Waals surface area contributed by atoms with Gasteiger partial charge >= 0.3 is 6.09 Å². The van der Waals surface area contributed by atoms with Crippen LogP contribution in [0.4, 0.5) is 16.2 Å². The van der Waals surface area contributed by atoms with Crippen LogP contribution in [0.2, 0.25) is 0 Å². The molecule has 3 aliphatic rings. The van der Waals surface area contributed by atoms with Crippen LogP contribution in [0.1, 0.15) is 56.7 Å². The van der Waals surface area contributed by atoms with Gasteiger partial charge < -0.3 is 14.4 Å². The number of carbonyl (C=O) groups excluding carboxylic acids is 2. The molecule has 35 heavy (non-hydrogen) atoms. The molecule has 5 rings (SSSR count). The number of rotatable bonds is 4. The first-order chi connectivity index (χ1) is 16.9. The number of pyridine rings is 1. The Hall–Kier alpha value is -3.13. The fraction of sp³-hybridized carbons (Fsp3) is 0.519. The fourth-order valence-corrected chi connectivity index (χ4v) is 5.61.